The fraction of sp³-hybridized carbons (Fsp3) is 0.385. The quantitative estimate of drug-likeness (QED) is 0.738. The van der Waals surface area contributed by atoms with Crippen molar-refractivity contribution in [3.8, 4) is 0 Å². The first-order chi connectivity index (χ1) is 9.49. The van der Waals surface area contributed by atoms with E-state index in [0.29, 0.717) is 11.0 Å². The van der Waals surface area contributed by atoms with Crippen molar-refractivity contribution < 1.29 is 19.8 Å². The van der Waals surface area contributed by atoms with Crippen LogP contribution in [-0.4, -0.2) is 46.8 Å². The van der Waals surface area contributed by atoms with Gasteiger partial charge in [-0.15, -0.1) is 0 Å². The molecular formula is C13H17BrN2O4. The highest BCUT2D eigenvalue weighted by Crippen LogP contribution is 2.21. The van der Waals surface area contributed by atoms with Gasteiger partial charge in [0, 0.05) is 17.6 Å². The van der Waals surface area contributed by atoms with Crippen LogP contribution < -0.4 is 5.32 Å². The van der Waals surface area contributed by atoms with E-state index in [9.17, 15) is 9.59 Å². The topological polar surface area (TPSA) is 89.9 Å². The molecule has 1 rings (SSSR count). The van der Waals surface area contributed by atoms with Crippen LogP contribution in [0, 0.1) is 0 Å². The summed E-state index contributed by atoms with van der Waals surface area (Å²) < 4.78 is 0.619. The van der Waals surface area contributed by atoms with Crippen molar-refractivity contribution in [3.05, 3.63) is 28.2 Å². The van der Waals surface area contributed by atoms with Crippen molar-refractivity contribution in [2.75, 3.05) is 25.0 Å². The molecule has 1 aromatic rings. The molecule has 0 heterocycles. The van der Waals surface area contributed by atoms with Gasteiger partial charge < -0.3 is 20.4 Å². The smallest absolute Gasteiger partial charge is 0.337 e. The van der Waals surface area contributed by atoms with Crippen LogP contribution in [0.2, 0.25) is 0 Å². The minimum Gasteiger partial charge on any atom is -0.478 e. The number of urea groups is 1. The van der Waals surface area contributed by atoms with Gasteiger partial charge in [-0.1, -0.05) is 22.9 Å². The summed E-state index contributed by atoms with van der Waals surface area (Å²) in [6.45, 7) is 2.48. The predicted molar refractivity (Wildman–Crippen MR) is 79.1 cm³/mol. The van der Waals surface area contributed by atoms with Crippen LogP contribution in [0.3, 0.4) is 0 Å². The van der Waals surface area contributed by atoms with E-state index in [1.807, 2.05) is 6.92 Å². The Bertz CT molecular complexity index is 487. The Kier molecular flexibility index (Phi) is 6.47. The minimum absolute atomic E-state index is 0.00757. The van der Waals surface area contributed by atoms with Gasteiger partial charge in [-0.05, 0) is 24.6 Å². The van der Waals surface area contributed by atoms with E-state index in [2.05, 4.69) is 21.2 Å². The van der Waals surface area contributed by atoms with Gasteiger partial charge in [0.25, 0.3) is 0 Å². The molecule has 1 aromatic carbocycles. The van der Waals surface area contributed by atoms with E-state index >= 15 is 0 Å². The first kappa shape index (κ1) is 16.5. The normalized spacial score (nSPS) is 10.2. The van der Waals surface area contributed by atoms with Crippen LogP contribution in [0.15, 0.2) is 22.7 Å². The van der Waals surface area contributed by atoms with E-state index in [0.717, 1.165) is 6.42 Å². The number of aliphatic hydroxyl groups excluding tert-OH is 1. The summed E-state index contributed by atoms with van der Waals surface area (Å²) in [5.74, 6) is -1.12. The average Bonchev–Trinajstić information content (AvgIpc) is 2.40. The number of carboxylic acids is 1. The third kappa shape index (κ3) is 4.50. The van der Waals surface area contributed by atoms with Gasteiger partial charge in [0.2, 0.25) is 0 Å². The number of hydrogen-bond acceptors (Lipinski definition) is 3. The number of benzene rings is 1. The third-order valence-corrected chi connectivity index (χ3v) is 3.10. The first-order valence-corrected chi connectivity index (χ1v) is 6.98. The number of carboxylic acid groups (broad SMARTS) is 1. The molecule has 2 amide bonds. The molecule has 6 nitrogen and oxygen atoms in total. The lowest BCUT2D eigenvalue weighted by Crippen LogP contribution is -2.37. The fourth-order valence-corrected chi connectivity index (χ4v) is 2.06. The highest BCUT2D eigenvalue weighted by atomic mass is 79.9. The van der Waals surface area contributed by atoms with Gasteiger partial charge in [0.05, 0.1) is 17.9 Å². The number of amides is 2. The van der Waals surface area contributed by atoms with E-state index in [4.69, 9.17) is 10.2 Å². The Morgan fingerprint density at radius 2 is 2.05 bits per heavy atom. The number of carbonyl (C=O) groups excluding carboxylic acids is 1. The number of anilines is 1. The summed E-state index contributed by atoms with van der Waals surface area (Å²) in [5.41, 5.74) is 0.234. The predicted octanol–water partition coefficient (Wildman–Crippen LogP) is 2.38. The van der Waals surface area contributed by atoms with E-state index in [1.54, 1.807) is 6.07 Å². The highest BCUT2D eigenvalue weighted by Gasteiger charge is 2.16. The molecule has 0 saturated carbocycles. The lowest BCUT2D eigenvalue weighted by Gasteiger charge is -2.22. The second kappa shape index (κ2) is 7.86. The van der Waals surface area contributed by atoms with Gasteiger partial charge >= 0.3 is 12.0 Å². The van der Waals surface area contributed by atoms with Gasteiger partial charge in [-0.25, -0.2) is 9.59 Å². The molecule has 0 aliphatic carbocycles. The highest BCUT2D eigenvalue weighted by molar-refractivity contribution is 9.10. The summed E-state index contributed by atoms with van der Waals surface area (Å²) in [5, 5.41) is 20.6. The van der Waals surface area contributed by atoms with Gasteiger partial charge in [0.15, 0.2) is 0 Å². The van der Waals surface area contributed by atoms with Crippen LogP contribution in [0.4, 0.5) is 10.5 Å². The van der Waals surface area contributed by atoms with E-state index in [1.165, 1.54) is 17.0 Å². The zero-order valence-corrected chi connectivity index (χ0v) is 12.7. The van der Waals surface area contributed by atoms with Crippen molar-refractivity contribution in [2.24, 2.45) is 0 Å². The Morgan fingerprint density at radius 1 is 1.35 bits per heavy atom. The monoisotopic (exact) mass is 344 g/mol. The molecule has 3 N–H and O–H groups in total. The number of aliphatic hydroxyl groups is 1. The zero-order chi connectivity index (χ0) is 15.1. The minimum atomic E-state index is -1.12. The van der Waals surface area contributed by atoms with Crippen molar-refractivity contribution in [1.82, 2.24) is 4.90 Å². The Balaban J connectivity index is 2.91. The molecule has 0 atom stereocenters. The van der Waals surface area contributed by atoms with Crippen LogP contribution in [0.5, 0.6) is 0 Å². The number of rotatable bonds is 6. The summed E-state index contributed by atoms with van der Waals surface area (Å²) in [6.07, 6.45) is 0.750. The second-order valence-corrected chi connectivity index (χ2v) is 5.05. The average molecular weight is 345 g/mol. The molecule has 20 heavy (non-hydrogen) atoms. The molecule has 7 heteroatoms. The van der Waals surface area contributed by atoms with Crippen molar-refractivity contribution in [1.29, 1.82) is 0 Å². The van der Waals surface area contributed by atoms with E-state index in [-0.39, 0.29) is 24.4 Å². The Morgan fingerprint density at radius 3 is 2.60 bits per heavy atom. The van der Waals surface area contributed by atoms with Crippen LogP contribution in [0.1, 0.15) is 23.7 Å². The molecule has 0 aromatic heterocycles. The van der Waals surface area contributed by atoms with Gasteiger partial charge in [-0.2, -0.15) is 0 Å². The summed E-state index contributed by atoms with van der Waals surface area (Å²) in [4.78, 5) is 24.6. The number of nitrogens with zero attached hydrogens (tertiary/aromatic N) is 1. The van der Waals surface area contributed by atoms with Crippen molar-refractivity contribution in [2.45, 2.75) is 13.3 Å². The third-order valence-electron chi connectivity index (χ3n) is 2.60. The lowest BCUT2D eigenvalue weighted by atomic mass is 10.2. The molecule has 0 radical (unpaired) electrons. The van der Waals surface area contributed by atoms with Gasteiger partial charge in [-0.3, -0.25) is 0 Å². The molecule has 0 unspecified atom stereocenters. The maximum Gasteiger partial charge on any atom is 0.337 e. The molecule has 0 aliphatic rings. The summed E-state index contributed by atoms with van der Waals surface area (Å²) in [7, 11) is 0. The van der Waals surface area contributed by atoms with Crippen molar-refractivity contribution in [3.63, 3.8) is 0 Å². The fourth-order valence-electron chi connectivity index (χ4n) is 1.70. The lowest BCUT2D eigenvalue weighted by molar-refractivity contribution is 0.0698. The SMILES string of the molecule is CCCN(CCO)C(=O)Nc1ccc(Br)cc1C(=O)O. The Labute approximate surface area is 125 Å². The molecule has 0 aliphatic heterocycles. The number of halogens is 1. The molecule has 0 bridgehead atoms. The van der Waals surface area contributed by atoms with Crippen LogP contribution >= 0.6 is 15.9 Å². The molecule has 0 spiro atoms. The number of carbonyl (C=O) groups is 2. The summed E-state index contributed by atoms with van der Waals surface area (Å²) in [6, 6.07) is 4.17. The van der Waals surface area contributed by atoms with Gasteiger partial charge in [0.1, 0.15) is 0 Å². The summed E-state index contributed by atoms with van der Waals surface area (Å²) >= 11 is 3.19. The second-order valence-electron chi connectivity index (χ2n) is 4.14. The van der Waals surface area contributed by atoms with Crippen LogP contribution in [-0.2, 0) is 0 Å². The molecule has 0 saturated heterocycles. The molecule has 0 fully saturated rings. The van der Waals surface area contributed by atoms with Crippen molar-refractivity contribution >= 4 is 33.6 Å². The standard InChI is InChI=1S/C13H17BrN2O4/c1-2-5-16(6-7-17)13(20)15-11-4-3-9(14)8-10(11)12(18)19/h3-4,8,17H,2,5-7H2,1H3,(H,15,20)(H,18,19). The zero-order valence-electron chi connectivity index (χ0n) is 11.1. The molecule has 110 valence electrons. The molecular weight excluding hydrogens is 328 g/mol. The Hall–Kier alpha value is -1.60. The number of nitrogens with one attached hydrogen (secondary N) is 1. The maximum absolute atomic E-state index is 12.1. The first-order valence-electron chi connectivity index (χ1n) is 6.19. The van der Waals surface area contributed by atoms with E-state index < -0.39 is 12.0 Å². The largest absolute Gasteiger partial charge is 0.478 e. The maximum atomic E-state index is 12.1. The van der Waals surface area contributed by atoms with Crippen LogP contribution in [0.25, 0.3) is 0 Å². The number of aromatic carboxylic acids is 1. The number of hydrogen-bond donors (Lipinski definition) is 3.